The topological polar surface area (TPSA) is 90.3 Å². The van der Waals surface area contributed by atoms with Gasteiger partial charge in [-0.1, -0.05) is 12.1 Å². The van der Waals surface area contributed by atoms with Crippen molar-refractivity contribution in [2.75, 3.05) is 13.6 Å². The van der Waals surface area contributed by atoms with E-state index in [0.29, 0.717) is 4.31 Å². The number of amides is 1. The van der Waals surface area contributed by atoms with Gasteiger partial charge in [0.15, 0.2) is 6.04 Å². The summed E-state index contributed by atoms with van der Waals surface area (Å²) in [5.41, 5.74) is -0.179. The molecule has 0 aliphatic carbocycles. The summed E-state index contributed by atoms with van der Waals surface area (Å²) in [7, 11) is -3.13. The molecule has 0 aromatic heterocycles. The molecule has 2 aromatic carbocycles. The van der Waals surface area contributed by atoms with Crippen LogP contribution in [0.3, 0.4) is 0 Å². The lowest BCUT2D eigenvalue weighted by Gasteiger charge is -2.24. The zero-order valence-electron chi connectivity index (χ0n) is 14.9. The van der Waals surface area contributed by atoms with Crippen LogP contribution in [0.2, 0.25) is 0 Å². The van der Waals surface area contributed by atoms with Crippen molar-refractivity contribution in [3.05, 3.63) is 65.5 Å². The van der Waals surface area contributed by atoms with Gasteiger partial charge in [-0.2, -0.15) is 22.7 Å². The molecule has 154 valence electrons. The van der Waals surface area contributed by atoms with Gasteiger partial charge in [0.2, 0.25) is 15.9 Å². The van der Waals surface area contributed by atoms with Crippen LogP contribution in [0.5, 0.6) is 0 Å². The number of benzene rings is 2. The van der Waals surface area contributed by atoms with Gasteiger partial charge in [0.05, 0.1) is 23.1 Å². The van der Waals surface area contributed by atoms with Crippen molar-refractivity contribution in [3.8, 4) is 6.07 Å². The molecule has 0 saturated heterocycles. The van der Waals surface area contributed by atoms with Crippen LogP contribution < -0.4 is 5.32 Å². The maximum absolute atomic E-state index is 13.3. The summed E-state index contributed by atoms with van der Waals surface area (Å²) in [6.07, 6.45) is -4.88. The highest BCUT2D eigenvalue weighted by Gasteiger charge is 2.42. The monoisotopic (exact) mass is 429 g/mol. The maximum Gasteiger partial charge on any atom is 0.412 e. The molecule has 2 rings (SSSR count). The van der Waals surface area contributed by atoms with Crippen molar-refractivity contribution in [1.82, 2.24) is 9.62 Å². The molecule has 0 bridgehead atoms. The van der Waals surface area contributed by atoms with E-state index in [4.69, 9.17) is 5.26 Å². The number of alkyl halides is 3. The lowest BCUT2D eigenvalue weighted by atomic mass is 10.1. The second kappa shape index (κ2) is 8.59. The lowest BCUT2D eigenvalue weighted by molar-refractivity contribution is -0.163. The fraction of sp³-hybridized carbons (Fsp3) is 0.222. The Balaban J connectivity index is 2.16. The molecule has 29 heavy (non-hydrogen) atoms. The van der Waals surface area contributed by atoms with Crippen molar-refractivity contribution in [2.45, 2.75) is 17.1 Å². The van der Waals surface area contributed by atoms with E-state index in [1.807, 2.05) is 6.07 Å². The van der Waals surface area contributed by atoms with E-state index in [-0.39, 0.29) is 10.5 Å². The molecule has 0 radical (unpaired) electrons. The fourth-order valence-electron chi connectivity index (χ4n) is 2.38. The number of nitriles is 1. The number of carbonyl (C=O) groups excluding carboxylic acids is 1. The predicted octanol–water partition coefficient (Wildman–Crippen LogP) is 2.74. The summed E-state index contributed by atoms with van der Waals surface area (Å²) in [5.74, 6) is -1.94. The SMILES string of the molecule is CN(CC(=O)NC(c1ccc(F)cc1)C(F)(F)F)S(=O)(=O)c1ccc(C#N)cc1. The van der Waals surface area contributed by atoms with Crippen LogP contribution in [0.25, 0.3) is 0 Å². The number of hydrogen-bond acceptors (Lipinski definition) is 4. The molecule has 1 N–H and O–H groups in total. The molecule has 0 aliphatic rings. The lowest BCUT2D eigenvalue weighted by Crippen LogP contribution is -2.43. The van der Waals surface area contributed by atoms with Crippen LogP contribution in [-0.4, -0.2) is 38.4 Å². The second-order valence-corrected chi connectivity index (χ2v) is 8.04. The number of sulfonamides is 1. The third kappa shape index (κ3) is 5.52. The number of likely N-dealkylation sites (N-methyl/N-ethyl adjacent to an activating group) is 1. The first-order chi connectivity index (χ1) is 13.4. The molecule has 1 unspecified atom stereocenters. The van der Waals surface area contributed by atoms with Gasteiger partial charge in [0.1, 0.15) is 5.82 Å². The van der Waals surface area contributed by atoms with Gasteiger partial charge in [-0.3, -0.25) is 4.79 Å². The van der Waals surface area contributed by atoms with E-state index in [1.54, 1.807) is 5.32 Å². The van der Waals surface area contributed by atoms with Crippen LogP contribution in [0.1, 0.15) is 17.2 Å². The van der Waals surface area contributed by atoms with Gasteiger partial charge in [-0.05, 0) is 42.0 Å². The van der Waals surface area contributed by atoms with E-state index in [9.17, 15) is 30.8 Å². The normalized spacial score (nSPS) is 13.0. The summed E-state index contributed by atoms with van der Waals surface area (Å²) in [6.45, 7) is -0.879. The zero-order chi connectivity index (χ0) is 21.8. The Morgan fingerprint density at radius 3 is 2.17 bits per heavy atom. The van der Waals surface area contributed by atoms with Crippen LogP contribution in [-0.2, 0) is 14.8 Å². The Labute approximate surface area is 164 Å². The first-order valence-electron chi connectivity index (χ1n) is 8.03. The van der Waals surface area contributed by atoms with Crippen LogP contribution in [0.4, 0.5) is 17.6 Å². The van der Waals surface area contributed by atoms with Gasteiger partial charge in [0.25, 0.3) is 0 Å². The number of carbonyl (C=O) groups is 1. The molecule has 0 saturated carbocycles. The Bertz CT molecular complexity index is 1010. The minimum atomic E-state index is -4.88. The summed E-state index contributed by atoms with van der Waals surface area (Å²) in [6, 6.07) is 7.61. The average Bonchev–Trinajstić information content (AvgIpc) is 2.66. The summed E-state index contributed by atoms with van der Waals surface area (Å²) in [5, 5.41) is 10.5. The third-order valence-electron chi connectivity index (χ3n) is 3.89. The number of nitrogens with one attached hydrogen (secondary N) is 1. The standard InChI is InChI=1S/C18H15F4N3O3S/c1-25(29(27,28)15-8-2-12(10-23)3-9-15)11-16(26)24-17(18(20,21)22)13-4-6-14(19)7-5-13/h2-9,17H,11H2,1H3,(H,24,26). The number of rotatable bonds is 6. The predicted molar refractivity (Wildman–Crippen MR) is 94.3 cm³/mol. The van der Waals surface area contributed by atoms with Gasteiger partial charge in [-0.25, -0.2) is 12.8 Å². The number of nitrogens with zero attached hydrogens (tertiary/aromatic N) is 2. The molecule has 1 atom stereocenters. The Kier molecular flexibility index (Phi) is 6.61. The minimum absolute atomic E-state index is 0.219. The van der Waals surface area contributed by atoms with Crippen molar-refractivity contribution < 1.29 is 30.8 Å². The zero-order valence-corrected chi connectivity index (χ0v) is 15.8. The number of halogens is 4. The minimum Gasteiger partial charge on any atom is -0.340 e. The molecule has 0 fully saturated rings. The Morgan fingerprint density at radius 1 is 1.14 bits per heavy atom. The highest BCUT2D eigenvalue weighted by atomic mass is 32.2. The van der Waals surface area contributed by atoms with Crippen LogP contribution in [0, 0.1) is 17.1 Å². The first kappa shape index (κ1) is 22.3. The molecule has 0 heterocycles. The molecule has 11 heteroatoms. The first-order valence-corrected chi connectivity index (χ1v) is 9.47. The molecular weight excluding hydrogens is 414 g/mol. The van der Waals surface area contributed by atoms with Crippen LogP contribution >= 0.6 is 0 Å². The fourth-order valence-corrected chi connectivity index (χ4v) is 3.51. The van der Waals surface area contributed by atoms with E-state index in [1.165, 1.54) is 12.1 Å². The maximum atomic E-state index is 13.3. The smallest absolute Gasteiger partial charge is 0.340 e. The molecule has 0 spiro atoms. The quantitative estimate of drug-likeness (QED) is 0.715. The van der Waals surface area contributed by atoms with Gasteiger partial charge in [-0.15, -0.1) is 0 Å². The Hall–Kier alpha value is -2.97. The van der Waals surface area contributed by atoms with E-state index >= 15 is 0 Å². The van der Waals surface area contributed by atoms with Gasteiger partial charge < -0.3 is 5.32 Å². The largest absolute Gasteiger partial charge is 0.412 e. The van der Waals surface area contributed by atoms with Crippen molar-refractivity contribution in [3.63, 3.8) is 0 Å². The Morgan fingerprint density at radius 2 is 1.69 bits per heavy atom. The van der Waals surface area contributed by atoms with Gasteiger partial charge in [0, 0.05) is 7.05 Å². The highest BCUT2D eigenvalue weighted by Crippen LogP contribution is 2.32. The summed E-state index contributed by atoms with van der Waals surface area (Å²) >= 11 is 0. The molecular formula is C18H15F4N3O3S. The summed E-state index contributed by atoms with van der Waals surface area (Å²) in [4.78, 5) is 11.9. The van der Waals surface area contributed by atoms with E-state index in [0.717, 1.165) is 43.4 Å². The molecule has 6 nitrogen and oxygen atoms in total. The van der Waals surface area contributed by atoms with Crippen LogP contribution in [0.15, 0.2) is 53.4 Å². The molecule has 1 amide bonds. The van der Waals surface area contributed by atoms with Gasteiger partial charge >= 0.3 is 6.18 Å². The average molecular weight is 429 g/mol. The van der Waals surface area contributed by atoms with Crippen molar-refractivity contribution in [2.24, 2.45) is 0 Å². The van der Waals surface area contributed by atoms with E-state index in [2.05, 4.69) is 0 Å². The number of hydrogen-bond donors (Lipinski definition) is 1. The van der Waals surface area contributed by atoms with E-state index < -0.39 is 46.1 Å². The van der Waals surface area contributed by atoms with Crippen molar-refractivity contribution in [1.29, 1.82) is 5.26 Å². The summed E-state index contributed by atoms with van der Waals surface area (Å²) < 4.78 is 78.4. The second-order valence-electron chi connectivity index (χ2n) is 5.99. The molecule has 0 aliphatic heterocycles. The molecule has 2 aromatic rings. The highest BCUT2D eigenvalue weighted by molar-refractivity contribution is 7.89. The van der Waals surface area contributed by atoms with Crippen molar-refractivity contribution >= 4 is 15.9 Å². The third-order valence-corrected chi connectivity index (χ3v) is 5.71.